The molecule has 0 unspecified atom stereocenters. The predicted molar refractivity (Wildman–Crippen MR) is 93.0 cm³/mol. The van der Waals surface area contributed by atoms with E-state index in [0.717, 1.165) is 11.0 Å². The number of nitrogens with zero attached hydrogens (tertiary/aromatic N) is 2. The van der Waals surface area contributed by atoms with Crippen LogP contribution in [0.2, 0.25) is 0 Å². The molecule has 0 spiro atoms. The second kappa shape index (κ2) is 6.35. The van der Waals surface area contributed by atoms with E-state index in [0.29, 0.717) is 0 Å². The molecule has 0 radical (unpaired) electrons. The number of rotatable bonds is 0. The van der Waals surface area contributed by atoms with Crippen LogP contribution in [-0.4, -0.2) is 9.97 Å². The first kappa shape index (κ1) is 14.2. The molecule has 108 valence electrons. The molecule has 0 atom stereocenters. The minimum Gasteiger partial charge on any atom is -0.256 e. The second-order valence-corrected chi connectivity index (χ2v) is 5.29. The molecule has 4 rings (SSSR count). The van der Waals surface area contributed by atoms with Gasteiger partial charge in [-0.2, -0.15) is 0 Å². The quantitative estimate of drug-likeness (QED) is 0.450. The summed E-state index contributed by atoms with van der Waals surface area (Å²) in [6.07, 6.45) is 3.69. The average Bonchev–Trinajstić information content (AvgIpc) is 2.57. The highest BCUT2D eigenvalue weighted by Gasteiger charge is 1.94. The van der Waals surface area contributed by atoms with Crippen LogP contribution in [0.4, 0.5) is 0 Å². The monoisotopic (exact) mass is 286 g/mol. The van der Waals surface area contributed by atoms with Crippen molar-refractivity contribution in [2.45, 2.75) is 13.8 Å². The molecule has 2 aromatic carbocycles. The van der Waals surface area contributed by atoms with Gasteiger partial charge in [0.05, 0.1) is 11.0 Å². The van der Waals surface area contributed by atoms with Crippen molar-refractivity contribution in [2.75, 3.05) is 0 Å². The molecule has 0 N–H and O–H groups in total. The summed E-state index contributed by atoms with van der Waals surface area (Å²) < 4.78 is 0. The molecule has 4 aromatic rings. The first-order valence-corrected chi connectivity index (χ1v) is 7.36. The van der Waals surface area contributed by atoms with E-state index in [2.05, 4.69) is 35.9 Å². The Morgan fingerprint density at radius 2 is 0.955 bits per heavy atom. The van der Waals surface area contributed by atoms with Crippen molar-refractivity contribution in [3.05, 3.63) is 84.2 Å². The van der Waals surface area contributed by atoms with Gasteiger partial charge in [-0.15, -0.1) is 0 Å². The number of hydrogen-bond donors (Lipinski definition) is 0. The zero-order valence-electron chi connectivity index (χ0n) is 12.8. The fourth-order valence-electron chi connectivity index (χ4n) is 2.48. The van der Waals surface area contributed by atoms with E-state index in [4.69, 9.17) is 0 Å². The lowest BCUT2D eigenvalue weighted by Gasteiger charge is -1.97. The Morgan fingerprint density at radius 1 is 0.545 bits per heavy atom. The third kappa shape index (κ3) is 2.96. The Hall–Kier alpha value is -2.74. The molecular formula is C20H18N2. The molecule has 2 heteroatoms. The number of pyridine rings is 2. The second-order valence-electron chi connectivity index (χ2n) is 5.29. The molecule has 0 amide bonds. The molecular weight excluding hydrogens is 268 g/mol. The Balaban J connectivity index is 0.000000131. The van der Waals surface area contributed by atoms with E-state index < -0.39 is 0 Å². The van der Waals surface area contributed by atoms with Gasteiger partial charge in [0.1, 0.15) is 0 Å². The van der Waals surface area contributed by atoms with Crippen LogP contribution in [0.3, 0.4) is 0 Å². The summed E-state index contributed by atoms with van der Waals surface area (Å²) in [5.41, 5.74) is 4.73. The average molecular weight is 286 g/mol. The van der Waals surface area contributed by atoms with Gasteiger partial charge < -0.3 is 0 Å². The number of benzene rings is 2. The van der Waals surface area contributed by atoms with Crippen molar-refractivity contribution in [1.82, 2.24) is 9.97 Å². The zero-order valence-corrected chi connectivity index (χ0v) is 12.8. The van der Waals surface area contributed by atoms with Crippen molar-refractivity contribution < 1.29 is 0 Å². The smallest absolute Gasteiger partial charge is 0.0704 e. The van der Waals surface area contributed by atoms with Crippen LogP contribution in [-0.2, 0) is 0 Å². The van der Waals surface area contributed by atoms with Crippen molar-refractivity contribution in [2.24, 2.45) is 0 Å². The van der Waals surface area contributed by atoms with Crippen LogP contribution in [0, 0.1) is 13.8 Å². The Kier molecular flexibility index (Phi) is 4.10. The number of para-hydroxylation sites is 2. The summed E-state index contributed by atoms with van der Waals surface area (Å²) in [7, 11) is 0. The summed E-state index contributed by atoms with van der Waals surface area (Å²) in [5, 5.41) is 2.49. The van der Waals surface area contributed by atoms with Gasteiger partial charge in [0.25, 0.3) is 0 Å². The maximum absolute atomic E-state index is 4.24. The van der Waals surface area contributed by atoms with Crippen molar-refractivity contribution >= 4 is 21.8 Å². The molecule has 2 aromatic heterocycles. The van der Waals surface area contributed by atoms with E-state index >= 15 is 0 Å². The summed E-state index contributed by atoms with van der Waals surface area (Å²) in [4.78, 5) is 8.48. The SMILES string of the molecule is Cc1ccnc2ccccc12.Cc1ccnc2ccccc12. The summed E-state index contributed by atoms with van der Waals surface area (Å²) in [6, 6.07) is 20.4. The molecule has 0 fully saturated rings. The van der Waals surface area contributed by atoms with E-state index in [1.165, 1.54) is 21.9 Å². The van der Waals surface area contributed by atoms with Gasteiger partial charge in [-0.25, -0.2) is 0 Å². The fourth-order valence-corrected chi connectivity index (χ4v) is 2.48. The van der Waals surface area contributed by atoms with Crippen LogP contribution < -0.4 is 0 Å². The Morgan fingerprint density at radius 3 is 1.36 bits per heavy atom. The summed E-state index contributed by atoms with van der Waals surface area (Å²) in [5.74, 6) is 0. The third-order valence-corrected chi connectivity index (χ3v) is 3.73. The Bertz CT molecular complexity index is 825. The number of aromatic nitrogens is 2. The van der Waals surface area contributed by atoms with Gasteiger partial charge in [0.2, 0.25) is 0 Å². The molecule has 22 heavy (non-hydrogen) atoms. The fraction of sp³-hybridized carbons (Fsp3) is 0.100. The van der Waals surface area contributed by atoms with Crippen LogP contribution >= 0.6 is 0 Å². The highest BCUT2D eigenvalue weighted by Crippen LogP contribution is 2.14. The van der Waals surface area contributed by atoms with Crippen LogP contribution in [0.15, 0.2) is 73.1 Å². The van der Waals surface area contributed by atoms with Crippen LogP contribution in [0.5, 0.6) is 0 Å². The molecule has 0 aliphatic carbocycles. The van der Waals surface area contributed by atoms with E-state index in [1.54, 1.807) is 0 Å². The van der Waals surface area contributed by atoms with Gasteiger partial charge in [-0.05, 0) is 49.2 Å². The van der Waals surface area contributed by atoms with Gasteiger partial charge in [0, 0.05) is 23.2 Å². The minimum absolute atomic E-state index is 1.08. The molecule has 0 saturated carbocycles. The molecule has 0 aliphatic rings. The van der Waals surface area contributed by atoms with Gasteiger partial charge >= 0.3 is 0 Å². The van der Waals surface area contributed by atoms with Crippen LogP contribution in [0.1, 0.15) is 11.1 Å². The van der Waals surface area contributed by atoms with E-state index in [-0.39, 0.29) is 0 Å². The van der Waals surface area contributed by atoms with Gasteiger partial charge in [0.15, 0.2) is 0 Å². The molecule has 0 aliphatic heterocycles. The highest BCUT2D eigenvalue weighted by molar-refractivity contribution is 5.82. The maximum Gasteiger partial charge on any atom is 0.0704 e. The van der Waals surface area contributed by atoms with Gasteiger partial charge in [-0.1, -0.05) is 36.4 Å². The molecule has 0 saturated heterocycles. The van der Waals surface area contributed by atoms with Crippen molar-refractivity contribution in [3.63, 3.8) is 0 Å². The third-order valence-electron chi connectivity index (χ3n) is 3.73. The molecule has 2 nitrogen and oxygen atoms in total. The lowest BCUT2D eigenvalue weighted by Crippen LogP contribution is -1.79. The van der Waals surface area contributed by atoms with Gasteiger partial charge in [-0.3, -0.25) is 9.97 Å². The lowest BCUT2D eigenvalue weighted by atomic mass is 10.1. The molecule has 0 bridgehead atoms. The summed E-state index contributed by atoms with van der Waals surface area (Å²) in [6.45, 7) is 4.20. The standard InChI is InChI=1S/2C10H9N/c2*1-8-6-7-11-10-5-3-2-4-9(8)10/h2*2-7H,1H3. The lowest BCUT2D eigenvalue weighted by molar-refractivity contribution is 1.37. The zero-order chi connectivity index (χ0) is 15.4. The topological polar surface area (TPSA) is 25.8 Å². The van der Waals surface area contributed by atoms with E-state index in [1.807, 2.05) is 60.9 Å². The first-order valence-electron chi connectivity index (χ1n) is 7.36. The van der Waals surface area contributed by atoms with Crippen molar-refractivity contribution in [3.8, 4) is 0 Å². The van der Waals surface area contributed by atoms with Crippen molar-refractivity contribution in [1.29, 1.82) is 0 Å². The summed E-state index contributed by atoms with van der Waals surface area (Å²) >= 11 is 0. The normalized spacial score (nSPS) is 10.3. The minimum atomic E-state index is 1.08. The maximum atomic E-state index is 4.24. The number of fused-ring (bicyclic) bond motifs is 2. The van der Waals surface area contributed by atoms with E-state index in [9.17, 15) is 0 Å². The first-order chi connectivity index (χ1) is 10.8. The highest BCUT2D eigenvalue weighted by atomic mass is 14.6. The van der Waals surface area contributed by atoms with Crippen LogP contribution in [0.25, 0.3) is 21.8 Å². The number of hydrogen-bond acceptors (Lipinski definition) is 2. The molecule has 2 heterocycles. The Labute approximate surface area is 130 Å². The largest absolute Gasteiger partial charge is 0.256 e. The number of aryl methyl sites for hydroxylation is 2. The predicted octanol–water partition coefficient (Wildman–Crippen LogP) is 5.09.